The molecule has 0 radical (unpaired) electrons. The van der Waals surface area contributed by atoms with E-state index in [0.29, 0.717) is 15.6 Å². The second-order valence-corrected chi connectivity index (χ2v) is 7.82. The third-order valence-electron chi connectivity index (χ3n) is 4.12. The molecule has 1 fully saturated rings. The molecule has 0 saturated carbocycles. The number of nitrogens with zero attached hydrogens (tertiary/aromatic N) is 2. The van der Waals surface area contributed by atoms with Crippen molar-refractivity contribution in [1.82, 2.24) is 5.32 Å². The fourth-order valence-corrected chi connectivity index (χ4v) is 3.94. The summed E-state index contributed by atoms with van der Waals surface area (Å²) in [5.74, 6) is -0.0707. The highest BCUT2D eigenvalue weighted by Gasteiger charge is 2.24. The zero-order valence-corrected chi connectivity index (χ0v) is 17.5. The first kappa shape index (κ1) is 19.5. The standard InChI is InChI=1S/C20H20BrN3O2S/c1-3-24(4-2)16-9-8-13(17(25)12-16)10-18-19(26)23-20(27-18)22-15-7-5-6-14(21)11-15/h5-12,25H,3-4H2,1-2H3,(H,22,23,26). The van der Waals surface area contributed by atoms with Crippen molar-refractivity contribution >= 4 is 56.2 Å². The van der Waals surface area contributed by atoms with Crippen LogP contribution in [-0.4, -0.2) is 29.3 Å². The van der Waals surface area contributed by atoms with E-state index in [1.807, 2.05) is 36.4 Å². The highest BCUT2D eigenvalue weighted by Crippen LogP contribution is 2.32. The predicted octanol–water partition coefficient (Wildman–Crippen LogP) is 4.89. The summed E-state index contributed by atoms with van der Waals surface area (Å²) in [6.07, 6.45) is 1.69. The highest BCUT2D eigenvalue weighted by atomic mass is 79.9. The van der Waals surface area contributed by atoms with E-state index < -0.39 is 0 Å². The lowest BCUT2D eigenvalue weighted by Gasteiger charge is -2.21. The lowest BCUT2D eigenvalue weighted by atomic mass is 10.1. The largest absolute Gasteiger partial charge is 0.507 e. The van der Waals surface area contributed by atoms with Crippen molar-refractivity contribution in [2.24, 2.45) is 4.99 Å². The average Bonchev–Trinajstić information content (AvgIpc) is 2.97. The first-order valence-electron chi connectivity index (χ1n) is 8.63. The summed E-state index contributed by atoms with van der Waals surface area (Å²) < 4.78 is 0.924. The summed E-state index contributed by atoms with van der Waals surface area (Å²) in [4.78, 5) is 19.3. The molecule has 1 heterocycles. The monoisotopic (exact) mass is 445 g/mol. The number of anilines is 1. The number of benzene rings is 2. The van der Waals surface area contributed by atoms with Gasteiger partial charge in [-0.15, -0.1) is 0 Å². The van der Waals surface area contributed by atoms with E-state index in [4.69, 9.17) is 0 Å². The summed E-state index contributed by atoms with van der Waals surface area (Å²) in [5, 5.41) is 13.6. The topological polar surface area (TPSA) is 64.9 Å². The summed E-state index contributed by atoms with van der Waals surface area (Å²) >= 11 is 4.66. The molecule has 1 aliphatic rings. The van der Waals surface area contributed by atoms with Crippen LogP contribution in [0.4, 0.5) is 11.4 Å². The highest BCUT2D eigenvalue weighted by molar-refractivity contribution is 9.10. The first-order valence-corrected chi connectivity index (χ1v) is 10.2. The number of phenols is 1. The van der Waals surface area contributed by atoms with Crippen molar-refractivity contribution in [2.45, 2.75) is 13.8 Å². The minimum atomic E-state index is -0.221. The molecule has 5 nitrogen and oxygen atoms in total. The Labute approximate surface area is 171 Å². The van der Waals surface area contributed by atoms with Gasteiger partial charge in [0.15, 0.2) is 5.17 Å². The summed E-state index contributed by atoms with van der Waals surface area (Å²) in [5.41, 5.74) is 2.31. The molecular formula is C20H20BrN3O2S. The fraction of sp³-hybridized carbons (Fsp3) is 0.200. The zero-order valence-electron chi connectivity index (χ0n) is 15.1. The van der Waals surface area contributed by atoms with Gasteiger partial charge in [0.1, 0.15) is 5.75 Å². The van der Waals surface area contributed by atoms with E-state index in [0.717, 1.165) is 28.9 Å². The smallest absolute Gasteiger partial charge is 0.264 e. The number of halogens is 1. The van der Waals surface area contributed by atoms with Crippen LogP contribution in [0.5, 0.6) is 5.75 Å². The summed E-state index contributed by atoms with van der Waals surface area (Å²) in [7, 11) is 0. The maximum absolute atomic E-state index is 12.2. The van der Waals surface area contributed by atoms with Crippen LogP contribution in [-0.2, 0) is 4.79 Å². The molecule has 3 rings (SSSR count). The number of hydrogen-bond donors (Lipinski definition) is 2. The van der Waals surface area contributed by atoms with Crippen molar-refractivity contribution < 1.29 is 9.90 Å². The van der Waals surface area contributed by atoms with Gasteiger partial charge >= 0.3 is 0 Å². The molecule has 0 aromatic heterocycles. The summed E-state index contributed by atoms with van der Waals surface area (Å²) in [6.45, 7) is 5.87. The quantitative estimate of drug-likeness (QED) is 0.642. The van der Waals surface area contributed by atoms with Gasteiger partial charge < -0.3 is 15.3 Å². The number of aromatic hydroxyl groups is 1. The minimum Gasteiger partial charge on any atom is -0.507 e. The number of amidine groups is 1. The van der Waals surface area contributed by atoms with Gasteiger partial charge in [0.25, 0.3) is 5.91 Å². The lowest BCUT2D eigenvalue weighted by Crippen LogP contribution is -2.21. The van der Waals surface area contributed by atoms with Crippen molar-refractivity contribution in [1.29, 1.82) is 0 Å². The molecular weight excluding hydrogens is 426 g/mol. The lowest BCUT2D eigenvalue weighted by molar-refractivity contribution is -0.115. The Kier molecular flexibility index (Phi) is 6.23. The molecule has 1 amide bonds. The number of thioether (sulfide) groups is 1. The van der Waals surface area contributed by atoms with Crippen LogP contribution < -0.4 is 10.2 Å². The third kappa shape index (κ3) is 4.73. The Morgan fingerprint density at radius 1 is 1.22 bits per heavy atom. The second kappa shape index (κ2) is 8.63. The molecule has 1 saturated heterocycles. The molecule has 0 atom stereocenters. The maximum Gasteiger partial charge on any atom is 0.264 e. The Morgan fingerprint density at radius 2 is 2.00 bits per heavy atom. The van der Waals surface area contributed by atoms with Crippen LogP contribution in [0.25, 0.3) is 6.08 Å². The Hall–Kier alpha value is -2.25. The number of carbonyl (C=O) groups excluding carboxylic acids is 1. The van der Waals surface area contributed by atoms with E-state index in [-0.39, 0.29) is 11.7 Å². The molecule has 0 unspecified atom stereocenters. The molecule has 140 valence electrons. The molecule has 2 aromatic rings. The maximum atomic E-state index is 12.2. The number of carbonyl (C=O) groups is 1. The van der Waals surface area contributed by atoms with Crippen LogP contribution in [0.2, 0.25) is 0 Å². The van der Waals surface area contributed by atoms with Crippen LogP contribution in [0, 0.1) is 0 Å². The van der Waals surface area contributed by atoms with Gasteiger partial charge in [-0.05, 0) is 62.0 Å². The molecule has 0 spiro atoms. The van der Waals surface area contributed by atoms with E-state index in [9.17, 15) is 9.90 Å². The first-order chi connectivity index (χ1) is 13.0. The third-order valence-corrected chi connectivity index (χ3v) is 5.52. The normalized spacial score (nSPS) is 16.8. The Morgan fingerprint density at radius 3 is 2.67 bits per heavy atom. The van der Waals surface area contributed by atoms with Gasteiger partial charge in [0, 0.05) is 34.9 Å². The van der Waals surface area contributed by atoms with E-state index in [1.165, 1.54) is 11.8 Å². The molecule has 2 N–H and O–H groups in total. The van der Waals surface area contributed by atoms with Gasteiger partial charge in [0.2, 0.25) is 0 Å². The number of amides is 1. The van der Waals surface area contributed by atoms with Crippen LogP contribution in [0.1, 0.15) is 19.4 Å². The zero-order chi connectivity index (χ0) is 19.4. The molecule has 0 aliphatic carbocycles. The van der Waals surface area contributed by atoms with Crippen LogP contribution >= 0.6 is 27.7 Å². The van der Waals surface area contributed by atoms with Crippen molar-refractivity contribution in [3.05, 3.63) is 57.4 Å². The van der Waals surface area contributed by atoms with Gasteiger partial charge in [-0.2, -0.15) is 0 Å². The number of nitrogens with one attached hydrogen (secondary N) is 1. The van der Waals surface area contributed by atoms with E-state index in [1.54, 1.807) is 12.1 Å². The van der Waals surface area contributed by atoms with Gasteiger partial charge in [-0.25, -0.2) is 4.99 Å². The van der Waals surface area contributed by atoms with E-state index in [2.05, 4.69) is 45.0 Å². The van der Waals surface area contributed by atoms with Crippen LogP contribution in [0.3, 0.4) is 0 Å². The predicted molar refractivity (Wildman–Crippen MR) is 117 cm³/mol. The minimum absolute atomic E-state index is 0.151. The average molecular weight is 446 g/mol. The number of rotatable bonds is 5. The molecule has 1 aliphatic heterocycles. The molecule has 27 heavy (non-hydrogen) atoms. The van der Waals surface area contributed by atoms with Gasteiger partial charge in [-0.1, -0.05) is 22.0 Å². The SMILES string of the molecule is CCN(CC)c1ccc(C=C2SC(=Nc3cccc(Br)c3)NC2=O)c(O)c1. The fourth-order valence-electron chi connectivity index (χ4n) is 2.72. The van der Waals surface area contributed by atoms with Crippen molar-refractivity contribution in [3.63, 3.8) is 0 Å². The van der Waals surface area contributed by atoms with Gasteiger partial charge in [0.05, 0.1) is 10.6 Å². The van der Waals surface area contributed by atoms with E-state index >= 15 is 0 Å². The molecule has 0 bridgehead atoms. The number of aliphatic imine (C=N–C) groups is 1. The molecule has 7 heteroatoms. The number of phenolic OH excluding ortho intramolecular Hbond substituents is 1. The Balaban J connectivity index is 1.82. The van der Waals surface area contributed by atoms with Gasteiger partial charge in [-0.3, -0.25) is 4.79 Å². The number of hydrogen-bond acceptors (Lipinski definition) is 5. The molecule has 2 aromatic carbocycles. The second-order valence-electron chi connectivity index (χ2n) is 5.88. The van der Waals surface area contributed by atoms with Crippen molar-refractivity contribution in [3.8, 4) is 5.75 Å². The summed E-state index contributed by atoms with van der Waals surface area (Å²) in [6, 6.07) is 13.0. The Bertz CT molecular complexity index is 923. The van der Waals surface area contributed by atoms with Crippen LogP contribution in [0.15, 0.2) is 56.8 Å². The van der Waals surface area contributed by atoms with Crippen molar-refractivity contribution in [2.75, 3.05) is 18.0 Å².